The smallest absolute Gasteiger partial charge is 0.240 e. The Bertz CT molecular complexity index is 903. The largest absolute Gasteiger partial charge is 0.243 e. The van der Waals surface area contributed by atoms with Crippen LogP contribution in [0.1, 0.15) is 316 Å². The molecule has 1 unspecified atom stereocenters. The van der Waals surface area contributed by atoms with Crippen LogP contribution < -0.4 is 4.57 Å². The summed E-state index contributed by atoms with van der Waals surface area (Å²) in [5.74, 6) is 0.977. The number of aromatic nitrogens is 2. The zero-order valence-electron chi connectivity index (χ0n) is 40.8. The molecule has 1 heterocycles. The van der Waals surface area contributed by atoms with Crippen molar-refractivity contribution in [1.82, 2.24) is 4.57 Å². The maximum atomic E-state index is 2.55. The highest BCUT2D eigenvalue weighted by atomic mass is 15.1. The summed E-state index contributed by atoms with van der Waals surface area (Å²) in [6.45, 7) is 6.95. The Morgan fingerprint density at radius 2 is 0.638 bits per heavy atom. The average molecular weight is 811 g/mol. The van der Waals surface area contributed by atoms with Gasteiger partial charge in [-0.15, -0.1) is 0 Å². The van der Waals surface area contributed by atoms with Crippen LogP contribution in [0.5, 0.6) is 0 Å². The molecule has 0 N–H and O–H groups in total. The summed E-state index contributed by atoms with van der Waals surface area (Å²) in [5, 5.41) is 0. The van der Waals surface area contributed by atoms with Crippen LogP contribution in [0.15, 0.2) is 30.9 Å². The van der Waals surface area contributed by atoms with Gasteiger partial charge in [-0.3, -0.25) is 0 Å². The average Bonchev–Trinajstić information content (AvgIpc) is 3.67. The van der Waals surface area contributed by atoms with Crippen LogP contribution in [0.25, 0.3) is 0 Å². The Hall–Kier alpha value is -1.05. The van der Waals surface area contributed by atoms with Gasteiger partial charge in [-0.25, -0.2) is 9.13 Å². The molecule has 342 valence electrons. The standard InChI is InChI=1S/C56H109N2/c1-5-8-11-14-17-20-23-26-27-28-29-32-35-38-41-44-50-56(58-53-52-57(4)54-58)51-46-45-49-55(47-42-39-36-33-30-24-21-18-15-12-9-6-2)48-43-40-37-34-31-25-22-19-16-13-10-7-3/h26-27,52-56H,5-25,28-51H2,1-4H3/q+1/b27-26-. The Balaban J connectivity index is 2.34. The molecule has 2 nitrogen and oxygen atoms in total. The third-order valence-corrected chi connectivity index (χ3v) is 13.6. The number of allylic oxidation sites excluding steroid dienone is 2. The zero-order valence-corrected chi connectivity index (χ0v) is 40.8. The SMILES string of the molecule is CCCCCCCC/C=C\CCCCCCCCC(CCCCC(CCCCCCCCCCCCCC)CCCCCCCCCCCCCC)n1cc[n+](C)c1. The van der Waals surface area contributed by atoms with E-state index < -0.39 is 0 Å². The lowest BCUT2D eigenvalue weighted by atomic mass is 9.89. The Morgan fingerprint density at radius 1 is 0.362 bits per heavy atom. The second-order valence-corrected chi connectivity index (χ2v) is 19.4. The predicted octanol–water partition coefficient (Wildman–Crippen LogP) is 19.6. The van der Waals surface area contributed by atoms with Crippen molar-refractivity contribution in [2.75, 3.05) is 0 Å². The lowest BCUT2D eigenvalue weighted by molar-refractivity contribution is -0.671. The van der Waals surface area contributed by atoms with E-state index in [9.17, 15) is 0 Å². The lowest BCUT2D eigenvalue weighted by Gasteiger charge is -2.18. The first kappa shape index (κ1) is 55.0. The Morgan fingerprint density at radius 3 is 0.966 bits per heavy atom. The minimum atomic E-state index is 0.684. The normalized spacial score (nSPS) is 12.5. The molecule has 1 aromatic heterocycles. The van der Waals surface area contributed by atoms with Crippen LogP contribution in [0, 0.1) is 5.92 Å². The van der Waals surface area contributed by atoms with Gasteiger partial charge in [0.25, 0.3) is 0 Å². The van der Waals surface area contributed by atoms with Crippen LogP contribution >= 0.6 is 0 Å². The first-order valence-electron chi connectivity index (χ1n) is 27.4. The Labute approximate surface area is 367 Å². The molecular formula is C56H109N2+. The molecule has 0 aliphatic rings. The van der Waals surface area contributed by atoms with Gasteiger partial charge < -0.3 is 0 Å². The molecule has 0 aliphatic carbocycles. The molecule has 58 heavy (non-hydrogen) atoms. The molecule has 0 amide bonds. The first-order valence-corrected chi connectivity index (χ1v) is 27.4. The molecule has 0 fully saturated rings. The molecule has 0 bridgehead atoms. The number of aryl methyl sites for hydroxylation is 1. The molecule has 1 atom stereocenters. The third-order valence-electron chi connectivity index (χ3n) is 13.6. The van der Waals surface area contributed by atoms with Crippen molar-refractivity contribution in [2.24, 2.45) is 13.0 Å². The van der Waals surface area contributed by atoms with Gasteiger partial charge in [-0.1, -0.05) is 270 Å². The van der Waals surface area contributed by atoms with Gasteiger partial charge in [0.2, 0.25) is 6.33 Å². The number of nitrogens with zero attached hydrogens (tertiary/aromatic N) is 2. The second-order valence-electron chi connectivity index (χ2n) is 19.4. The quantitative estimate of drug-likeness (QED) is 0.0352. The van der Waals surface area contributed by atoms with Crippen LogP contribution in [0.4, 0.5) is 0 Å². The van der Waals surface area contributed by atoms with E-state index >= 15 is 0 Å². The maximum Gasteiger partial charge on any atom is 0.243 e. The van der Waals surface area contributed by atoms with E-state index in [0.717, 1.165) is 5.92 Å². The molecule has 0 spiro atoms. The van der Waals surface area contributed by atoms with E-state index in [1.54, 1.807) is 0 Å². The van der Waals surface area contributed by atoms with Crippen molar-refractivity contribution < 1.29 is 4.57 Å². The van der Waals surface area contributed by atoms with Crippen molar-refractivity contribution in [3.8, 4) is 0 Å². The fourth-order valence-corrected chi connectivity index (χ4v) is 9.55. The highest BCUT2D eigenvalue weighted by Gasteiger charge is 2.17. The fourth-order valence-electron chi connectivity index (χ4n) is 9.55. The highest BCUT2D eigenvalue weighted by Crippen LogP contribution is 2.28. The van der Waals surface area contributed by atoms with Crippen molar-refractivity contribution in [3.05, 3.63) is 30.9 Å². The molecule has 2 heteroatoms. The van der Waals surface area contributed by atoms with E-state index in [1.165, 1.54) is 289 Å². The van der Waals surface area contributed by atoms with Gasteiger partial charge in [0.05, 0.1) is 7.05 Å². The van der Waals surface area contributed by atoms with Crippen molar-refractivity contribution in [3.63, 3.8) is 0 Å². The number of hydrogen-bond donors (Lipinski definition) is 0. The number of hydrogen-bond acceptors (Lipinski definition) is 0. The summed E-state index contributed by atoms with van der Waals surface area (Å²) in [6, 6.07) is 0.684. The number of imidazole rings is 1. The molecule has 1 aromatic rings. The van der Waals surface area contributed by atoms with Crippen LogP contribution in [-0.4, -0.2) is 4.57 Å². The van der Waals surface area contributed by atoms with E-state index in [1.807, 2.05) is 0 Å². The van der Waals surface area contributed by atoms with Crippen LogP contribution in [0.3, 0.4) is 0 Å². The van der Waals surface area contributed by atoms with E-state index in [4.69, 9.17) is 0 Å². The van der Waals surface area contributed by atoms with Crippen molar-refractivity contribution >= 4 is 0 Å². The monoisotopic (exact) mass is 810 g/mol. The highest BCUT2D eigenvalue weighted by molar-refractivity contribution is 4.81. The molecule has 1 rings (SSSR count). The molecule has 0 saturated carbocycles. The van der Waals surface area contributed by atoms with Gasteiger partial charge >= 0.3 is 0 Å². The minimum Gasteiger partial charge on any atom is -0.240 e. The van der Waals surface area contributed by atoms with E-state index in [0.29, 0.717) is 6.04 Å². The van der Waals surface area contributed by atoms with Gasteiger partial charge in [0, 0.05) is 0 Å². The van der Waals surface area contributed by atoms with E-state index in [2.05, 4.69) is 67.8 Å². The number of rotatable bonds is 48. The van der Waals surface area contributed by atoms with Gasteiger partial charge in [-0.05, 0) is 57.3 Å². The Kier molecular flexibility index (Phi) is 43.1. The van der Waals surface area contributed by atoms with Gasteiger partial charge in [0.15, 0.2) is 0 Å². The fraction of sp³-hybridized carbons (Fsp3) is 0.911. The molecule has 0 saturated heterocycles. The summed E-state index contributed by atoms with van der Waals surface area (Å²) in [4.78, 5) is 0. The second kappa shape index (κ2) is 45.5. The van der Waals surface area contributed by atoms with Crippen molar-refractivity contribution in [1.29, 1.82) is 0 Å². The van der Waals surface area contributed by atoms with Gasteiger partial charge in [-0.2, -0.15) is 0 Å². The third kappa shape index (κ3) is 37.9. The molecule has 0 aromatic carbocycles. The van der Waals surface area contributed by atoms with Gasteiger partial charge in [0.1, 0.15) is 18.4 Å². The molecule has 0 aliphatic heterocycles. The summed E-state index contributed by atoms with van der Waals surface area (Å²) in [7, 11) is 2.19. The molecular weight excluding hydrogens is 701 g/mol. The molecule has 0 radical (unpaired) electrons. The summed E-state index contributed by atoms with van der Waals surface area (Å²) in [6.07, 6.45) is 76.6. The van der Waals surface area contributed by atoms with Crippen LogP contribution in [0.2, 0.25) is 0 Å². The topological polar surface area (TPSA) is 8.81 Å². The summed E-state index contributed by atoms with van der Waals surface area (Å²) >= 11 is 0. The van der Waals surface area contributed by atoms with E-state index in [-0.39, 0.29) is 0 Å². The summed E-state index contributed by atoms with van der Waals surface area (Å²) < 4.78 is 4.79. The maximum absolute atomic E-state index is 2.55. The first-order chi connectivity index (χ1) is 28.7. The van der Waals surface area contributed by atoms with Crippen LogP contribution in [-0.2, 0) is 7.05 Å². The minimum absolute atomic E-state index is 0.684. The van der Waals surface area contributed by atoms with Crippen molar-refractivity contribution in [2.45, 2.75) is 316 Å². The predicted molar refractivity (Wildman–Crippen MR) is 262 cm³/mol. The lowest BCUT2D eigenvalue weighted by Crippen LogP contribution is -2.24. The zero-order chi connectivity index (χ0) is 41.7. The number of unbranched alkanes of at least 4 members (excludes halogenated alkanes) is 35. The summed E-state index contributed by atoms with van der Waals surface area (Å²) in [5.41, 5.74) is 0.